The molecule has 1 unspecified atom stereocenters. The van der Waals surface area contributed by atoms with Gasteiger partial charge in [0, 0.05) is 6.54 Å². The summed E-state index contributed by atoms with van der Waals surface area (Å²) in [6, 6.07) is 9.43. The van der Waals surface area contributed by atoms with Gasteiger partial charge < -0.3 is 5.32 Å². The first-order valence-electron chi connectivity index (χ1n) is 8.53. The van der Waals surface area contributed by atoms with E-state index in [2.05, 4.69) is 50.4 Å². The lowest BCUT2D eigenvalue weighted by Crippen LogP contribution is -2.28. The summed E-state index contributed by atoms with van der Waals surface area (Å²) in [6.45, 7) is 8.97. The van der Waals surface area contributed by atoms with Gasteiger partial charge in [-0.15, -0.1) is 0 Å². The lowest BCUT2D eigenvalue weighted by atomic mass is 9.76. The van der Waals surface area contributed by atoms with Gasteiger partial charge >= 0.3 is 0 Å². The molecule has 0 heterocycles. The number of likely N-dealkylation sites (N-methyl/N-ethyl adjacent to an activating group) is 1. The zero-order valence-electron chi connectivity index (χ0n) is 13.5. The minimum absolute atomic E-state index is 0.631. The molecule has 1 aliphatic carbocycles. The first kappa shape index (κ1) is 15.6. The summed E-state index contributed by atoms with van der Waals surface area (Å²) in [7, 11) is 0. The molecule has 1 N–H and O–H groups in total. The summed E-state index contributed by atoms with van der Waals surface area (Å²) in [5.41, 5.74) is 3.00. The SMILES string of the molecule is CCNCC(c1ccc(C(C)C)cc1)C1CCCCC1. The third-order valence-corrected chi connectivity index (χ3v) is 4.86. The fraction of sp³-hybridized carbons (Fsp3) is 0.684. The average Bonchev–Trinajstić information content (AvgIpc) is 2.49. The Morgan fingerprint density at radius 1 is 1.00 bits per heavy atom. The van der Waals surface area contributed by atoms with E-state index in [1.54, 1.807) is 5.56 Å². The Morgan fingerprint density at radius 3 is 2.15 bits per heavy atom. The van der Waals surface area contributed by atoms with Crippen molar-refractivity contribution in [3.05, 3.63) is 35.4 Å². The molecule has 2 rings (SSSR count). The quantitative estimate of drug-likeness (QED) is 0.762. The van der Waals surface area contributed by atoms with Crippen LogP contribution in [-0.2, 0) is 0 Å². The van der Waals surface area contributed by atoms with Crippen molar-refractivity contribution in [2.75, 3.05) is 13.1 Å². The highest BCUT2D eigenvalue weighted by Crippen LogP contribution is 2.36. The average molecular weight is 273 g/mol. The molecule has 0 radical (unpaired) electrons. The van der Waals surface area contributed by atoms with Gasteiger partial charge in [-0.05, 0) is 48.3 Å². The van der Waals surface area contributed by atoms with Crippen LogP contribution in [-0.4, -0.2) is 13.1 Å². The Bertz CT molecular complexity index is 373. The molecular weight excluding hydrogens is 242 g/mol. The van der Waals surface area contributed by atoms with Crippen LogP contribution < -0.4 is 5.32 Å². The minimum Gasteiger partial charge on any atom is -0.316 e. The van der Waals surface area contributed by atoms with Crippen LogP contribution in [0.4, 0.5) is 0 Å². The van der Waals surface area contributed by atoms with E-state index < -0.39 is 0 Å². The molecule has 0 aliphatic heterocycles. The van der Waals surface area contributed by atoms with E-state index in [-0.39, 0.29) is 0 Å². The molecule has 1 aromatic rings. The van der Waals surface area contributed by atoms with Gasteiger partial charge in [-0.3, -0.25) is 0 Å². The van der Waals surface area contributed by atoms with Crippen molar-refractivity contribution < 1.29 is 0 Å². The molecule has 0 aromatic heterocycles. The van der Waals surface area contributed by atoms with Gasteiger partial charge in [0.15, 0.2) is 0 Å². The predicted molar refractivity (Wildman–Crippen MR) is 88.4 cm³/mol. The summed E-state index contributed by atoms with van der Waals surface area (Å²) < 4.78 is 0. The highest BCUT2D eigenvalue weighted by Gasteiger charge is 2.24. The molecule has 112 valence electrons. The van der Waals surface area contributed by atoms with Crippen molar-refractivity contribution in [1.82, 2.24) is 5.32 Å². The summed E-state index contributed by atoms with van der Waals surface area (Å²) in [5.74, 6) is 2.22. The molecule has 0 saturated heterocycles. The summed E-state index contributed by atoms with van der Waals surface area (Å²) in [6.07, 6.45) is 7.13. The Kier molecular flexibility index (Phi) is 6.09. The van der Waals surface area contributed by atoms with Crippen molar-refractivity contribution in [1.29, 1.82) is 0 Å². The lowest BCUT2D eigenvalue weighted by Gasteiger charge is -2.31. The Morgan fingerprint density at radius 2 is 1.60 bits per heavy atom. The normalized spacial score (nSPS) is 18.4. The molecule has 1 aliphatic rings. The monoisotopic (exact) mass is 273 g/mol. The molecular formula is C19H31N. The molecule has 0 spiro atoms. The standard InChI is InChI=1S/C19H31N/c1-4-20-14-19(17-8-6-5-7-9-17)18-12-10-16(11-13-18)15(2)3/h10-13,15,17,19-20H,4-9,14H2,1-3H3. The Balaban J connectivity index is 2.11. The van der Waals surface area contributed by atoms with Crippen LogP contribution in [0.5, 0.6) is 0 Å². The summed E-state index contributed by atoms with van der Waals surface area (Å²) in [5, 5.41) is 3.58. The van der Waals surface area contributed by atoms with Crippen molar-refractivity contribution in [2.24, 2.45) is 5.92 Å². The predicted octanol–water partition coefficient (Wildman–Crippen LogP) is 5.08. The molecule has 0 amide bonds. The third kappa shape index (κ3) is 4.09. The molecule has 1 saturated carbocycles. The first-order chi connectivity index (χ1) is 9.72. The van der Waals surface area contributed by atoms with Crippen LogP contribution in [0.25, 0.3) is 0 Å². The zero-order valence-corrected chi connectivity index (χ0v) is 13.5. The van der Waals surface area contributed by atoms with Gasteiger partial charge in [0.2, 0.25) is 0 Å². The number of benzene rings is 1. The summed E-state index contributed by atoms with van der Waals surface area (Å²) in [4.78, 5) is 0. The highest BCUT2D eigenvalue weighted by molar-refractivity contribution is 5.28. The third-order valence-electron chi connectivity index (χ3n) is 4.86. The van der Waals surface area contributed by atoms with E-state index in [9.17, 15) is 0 Å². The van der Waals surface area contributed by atoms with Crippen molar-refractivity contribution in [2.45, 2.75) is 64.7 Å². The van der Waals surface area contributed by atoms with Crippen molar-refractivity contribution >= 4 is 0 Å². The van der Waals surface area contributed by atoms with Gasteiger partial charge in [0.05, 0.1) is 0 Å². The van der Waals surface area contributed by atoms with Gasteiger partial charge in [-0.2, -0.15) is 0 Å². The Labute approximate surface area is 125 Å². The minimum atomic E-state index is 0.631. The van der Waals surface area contributed by atoms with Crippen LogP contribution in [0, 0.1) is 5.92 Å². The second-order valence-electron chi connectivity index (χ2n) is 6.63. The maximum absolute atomic E-state index is 3.58. The molecule has 20 heavy (non-hydrogen) atoms. The van der Waals surface area contributed by atoms with E-state index in [1.807, 2.05) is 0 Å². The van der Waals surface area contributed by atoms with Crippen LogP contribution in [0.3, 0.4) is 0 Å². The number of hydrogen-bond acceptors (Lipinski definition) is 1. The van der Waals surface area contributed by atoms with Gasteiger partial charge in [-0.25, -0.2) is 0 Å². The van der Waals surface area contributed by atoms with Crippen LogP contribution >= 0.6 is 0 Å². The van der Waals surface area contributed by atoms with Gasteiger partial charge in [-0.1, -0.05) is 64.3 Å². The molecule has 1 aromatic carbocycles. The smallest absolute Gasteiger partial charge is 0.00227 e. The van der Waals surface area contributed by atoms with Crippen LogP contribution in [0.15, 0.2) is 24.3 Å². The van der Waals surface area contributed by atoms with Gasteiger partial charge in [0.25, 0.3) is 0 Å². The van der Waals surface area contributed by atoms with Crippen LogP contribution in [0.1, 0.15) is 75.8 Å². The van der Waals surface area contributed by atoms with E-state index >= 15 is 0 Å². The summed E-state index contributed by atoms with van der Waals surface area (Å²) >= 11 is 0. The number of nitrogens with one attached hydrogen (secondary N) is 1. The highest BCUT2D eigenvalue weighted by atomic mass is 14.8. The van der Waals surface area contributed by atoms with Crippen LogP contribution in [0.2, 0.25) is 0 Å². The second kappa shape index (κ2) is 7.83. The van der Waals surface area contributed by atoms with Gasteiger partial charge in [0.1, 0.15) is 0 Å². The number of hydrogen-bond donors (Lipinski definition) is 1. The molecule has 0 bridgehead atoms. The fourth-order valence-electron chi connectivity index (χ4n) is 3.52. The zero-order chi connectivity index (χ0) is 14.4. The maximum Gasteiger partial charge on any atom is 0.00227 e. The lowest BCUT2D eigenvalue weighted by molar-refractivity contribution is 0.298. The Hall–Kier alpha value is -0.820. The molecule has 1 nitrogen and oxygen atoms in total. The fourth-order valence-corrected chi connectivity index (χ4v) is 3.52. The maximum atomic E-state index is 3.58. The topological polar surface area (TPSA) is 12.0 Å². The molecule has 1 fully saturated rings. The second-order valence-corrected chi connectivity index (χ2v) is 6.63. The van der Waals surface area contributed by atoms with Crippen molar-refractivity contribution in [3.8, 4) is 0 Å². The number of rotatable bonds is 6. The van der Waals surface area contributed by atoms with Crippen molar-refractivity contribution in [3.63, 3.8) is 0 Å². The van der Waals surface area contributed by atoms with E-state index in [0.717, 1.165) is 19.0 Å². The first-order valence-corrected chi connectivity index (χ1v) is 8.53. The van der Waals surface area contributed by atoms with E-state index in [4.69, 9.17) is 0 Å². The van der Waals surface area contributed by atoms with E-state index in [0.29, 0.717) is 11.8 Å². The molecule has 1 atom stereocenters. The van der Waals surface area contributed by atoms with E-state index in [1.165, 1.54) is 37.7 Å². The molecule has 1 heteroatoms. The largest absolute Gasteiger partial charge is 0.316 e.